The Balaban J connectivity index is 0.00000220. The Morgan fingerprint density at radius 1 is 1.48 bits per heavy atom. The Labute approximate surface area is 133 Å². The number of amides is 1. The van der Waals surface area contributed by atoms with Crippen LogP contribution in [0.15, 0.2) is 18.2 Å². The van der Waals surface area contributed by atoms with E-state index in [0.29, 0.717) is 12.5 Å². The van der Waals surface area contributed by atoms with E-state index in [0.717, 1.165) is 30.8 Å². The first kappa shape index (κ1) is 17.8. The van der Waals surface area contributed by atoms with Crippen LogP contribution in [-0.4, -0.2) is 32.7 Å². The van der Waals surface area contributed by atoms with Crippen LogP contribution in [0.5, 0.6) is 5.75 Å². The average molecular weight is 313 g/mol. The predicted molar refractivity (Wildman–Crippen MR) is 87.2 cm³/mol. The Morgan fingerprint density at radius 2 is 2.19 bits per heavy atom. The summed E-state index contributed by atoms with van der Waals surface area (Å²) >= 11 is 0. The minimum atomic E-state index is 0. The van der Waals surface area contributed by atoms with E-state index in [4.69, 9.17) is 4.74 Å². The Bertz CT molecular complexity index is 475. The number of ether oxygens (including phenoxy) is 1. The molecule has 0 saturated carbocycles. The molecule has 1 fully saturated rings. The molecule has 1 heterocycles. The Morgan fingerprint density at radius 3 is 2.76 bits per heavy atom. The zero-order valence-corrected chi connectivity index (χ0v) is 13.8. The van der Waals surface area contributed by atoms with Crippen LogP contribution < -0.4 is 15.4 Å². The normalized spacial score (nSPS) is 15.6. The molecule has 1 saturated heterocycles. The summed E-state index contributed by atoms with van der Waals surface area (Å²) in [5.41, 5.74) is 2.32. The van der Waals surface area contributed by atoms with Crippen molar-refractivity contribution in [3.63, 3.8) is 0 Å². The zero-order valence-electron chi connectivity index (χ0n) is 12.9. The molecule has 118 valence electrons. The fourth-order valence-corrected chi connectivity index (χ4v) is 2.39. The van der Waals surface area contributed by atoms with Gasteiger partial charge in [-0.25, -0.2) is 0 Å². The molecule has 0 bridgehead atoms. The van der Waals surface area contributed by atoms with Crippen LogP contribution in [0.2, 0.25) is 0 Å². The highest BCUT2D eigenvalue weighted by molar-refractivity contribution is 5.85. The Kier molecular flexibility index (Phi) is 6.99. The molecule has 1 amide bonds. The molecule has 0 aromatic heterocycles. The highest BCUT2D eigenvalue weighted by Gasteiger charge is 2.28. The molecule has 1 unspecified atom stereocenters. The number of aryl methyl sites for hydroxylation is 1. The van der Waals surface area contributed by atoms with Gasteiger partial charge in [-0.3, -0.25) is 4.79 Å². The number of carbonyl (C=O) groups is 1. The van der Waals surface area contributed by atoms with Crippen molar-refractivity contribution >= 4 is 18.3 Å². The van der Waals surface area contributed by atoms with Crippen molar-refractivity contribution in [2.24, 2.45) is 11.8 Å². The van der Waals surface area contributed by atoms with Crippen LogP contribution in [0.3, 0.4) is 0 Å². The van der Waals surface area contributed by atoms with E-state index >= 15 is 0 Å². The molecule has 2 rings (SSSR count). The van der Waals surface area contributed by atoms with Gasteiger partial charge in [-0.1, -0.05) is 19.1 Å². The lowest BCUT2D eigenvalue weighted by Gasteiger charge is -2.31. The van der Waals surface area contributed by atoms with Crippen molar-refractivity contribution in [2.45, 2.75) is 20.3 Å². The third kappa shape index (κ3) is 4.61. The predicted octanol–water partition coefficient (Wildman–Crippen LogP) is 1.94. The fraction of sp³-hybridized carbons (Fsp3) is 0.562. The van der Waals surface area contributed by atoms with Crippen LogP contribution in [0, 0.1) is 18.8 Å². The van der Waals surface area contributed by atoms with Crippen LogP contribution in [0.25, 0.3) is 0 Å². The number of hydrogen-bond acceptors (Lipinski definition) is 3. The third-order valence-corrected chi connectivity index (χ3v) is 4.12. The maximum absolute atomic E-state index is 12.0. The topological polar surface area (TPSA) is 50.4 Å². The summed E-state index contributed by atoms with van der Waals surface area (Å²) in [5.74, 6) is 1.66. The summed E-state index contributed by atoms with van der Waals surface area (Å²) in [6.07, 6.45) is 0.831. The highest BCUT2D eigenvalue weighted by atomic mass is 35.5. The van der Waals surface area contributed by atoms with Crippen LogP contribution in [0.1, 0.15) is 18.1 Å². The highest BCUT2D eigenvalue weighted by Crippen LogP contribution is 2.19. The molecule has 1 aromatic carbocycles. The van der Waals surface area contributed by atoms with E-state index in [1.54, 1.807) is 7.11 Å². The molecule has 1 aliphatic rings. The summed E-state index contributed by atoms with van der Waals surface area (Å²) in [6, 6.07) is 6.18. The van der Waals surface area contributed by atoms with Gasteiger partial charge in [-0.2, -0.15) is 0 Å². The van der Waals surface area contributed by atoms with Gasteiger partial charge in [0.1, 0.15) is 5.75 Å². The fourth-order valence-electron chi connectivity index (χ4n) is 2.39. The van der Waals surface area contributed by atoms with Gasteiger partial charge >= 0.3 is 0 Å². The van der Waals surface area contributed by atoms with Crippen LogP contribution in [0.4, 0.5) is 0 Å². The molecule has 1 aromatic rings. The molecule has 5 heteroatoms. The summed E-state index contributed by atoms with van der Waals surface area (Å²) in [5, 5.41) is 6.23. The molecular formula is C16H25ClN2O2. The van der Waals surface area contributed by atoms with Gasteiger partial charge in [-0.15, -0.1) is 12.4 Å². The second-order valence-electron chi connectivity index (χ2n) is 5.55. The van der Waals surface area contributed by atoms with E-state index in [-0.39, 0.29) is 24.2 Å². The lowest BCUT2D eigenvalue weighted by molar-refractivity contribution is -0.126. The van der Waals surface area contributed by atoms with E-state index in [2.05, 4.69) is 22.8 Å². The first-order chi connectivity index (χ1) is 9.61. The first-order valence-electron chi connectivity index (χ1n) is 7.23. The first-order valence-corrected chi connectivity index (χ1v) is 7.23. The monoisotopic (exact) mass is 312 g/mol. The quantitative estimate of drug-likeness (QED) is 0.844. The lowest BCUT2D eigenvalue weighted by atomic mass is 9.88. The van der Waals surface area contributed by atoms with Gasteiger partial charge in [0.15, 0.2) is 0 Å². The van der Waals surface area contributed by atoms with Gasteiger partial charge in [0.2, 0.25) is 5.91 Å². The summed E-state index contributed by atoms with van der Waals surface area (Å²) < 4.78 is 5.31. The third-order valence-electron chi connectivity index (χ3n) is 4.12. The standard InChI is InChI=1S/C16H24N2O2.ClH/c1-11-4-5-13(8-15(11)20-3)6-7-18-16(19)12(2)14-9-17-10-14;/h4-5,8,12,14,17H,6-7,9-10H2,1-3H3,(H,18,19);1H. The van der Waals surface area contributed by atoms with Crippen molar-refractivity contribution in [1.29, 1.82) is 0 Å². The van der Waals surface area contributed by atoms with E-state index in [9.17, 15) is 4.79 Å². The second kappa shape index (κ2) is 8.25. The summed E-state index contributed by atoms with van der Waals surface area (Å²) in [6.45, 7) is 6.64. The number of halogens is 1. The minimum Gasteiger partial charge on any atom is -0.496 e. The summed E-state index contributed by atoms with van der Waals surface area (Å²) in [4.78, 5) is 12.0. The van der Waals surface area contributed by atoms with E-state index in [1.165, 1.54) is 5.56 Å². The molecule has 1 aliphatic heterocycles. The van der Waals surface area contributed by atoms with Crippen molar-refractivity contribution in [2.75, 3.05) is 26.7 Å². The van der Waals surface area contributed by atoms with Gasteiger partial charge in [-0.05, 0) is 49.5 Å². The van der Waals surface area contributed by atoms with Crippen molar-refractivity contribution in [3.8, 4) is 5.75 Å². The number of nitrogens with one attached hydrogen (secondary N) is 2. The molecule has 0 spiro atoms. The van der Waals surface area contributed by atoms with Crippen LogP contribution >= 0.6 is 12.4 Å². The smallest absolute Gasteiger partial charge is 0.223 e. The molecular weight excluding hydrogens is 288 g/mol. The molecule has 0 radical (unpaired) electrons. The SMILES string of the molecule is COc1cc(CCNC(=O)C(C)C2CNC2)ccc1C.Cl. The maximum Gasteiger partial charge on any atom is 0.223 e. The molecule has 0 aliphatic carbocycles. The maximum atomic E-state index is 12.0. The van der Waals surface area contributed by atoms with Crippen molar-refractivity contribution in [3.05, 3.63) is 29.3 Å². The number of benzene rings is 1. The van der Waals surface area contributed by atoms with Crippen LogP contribution in [-0.2, 0) is 11.2 Å². The molecule has 4 nitrogen and oxygen atoms in total. The molecule has 2 N–H and O–H groups in total. The average Bonchev–Trinajstić information content (AvgIpc) is 2.38. The van der Waals surface area contributed by atoms with Crippen molar-refractivity contribution in [1.82, 2.24) is 10.6 Å². The van der Waals surface area contributed by atoms with Gasteiger partial charge < -0.3 is 15.4 Å². The van der Waals surface area contributed by atoms with E-state index in [1.807, 2.05) is 19.9 Å². The van der Waals surface area contributed by atoms with Gasteiger partial charge in [0.25, 0.3) is 0 Å². The number of rotatable bonds is 6. The van der Waals surface area contributed by atoms with Gasteiger partial charge in [0, 0.05) is 12.5 Å². The zero-order chi connectivity index (χ0) is 14.5. The van der Waals surface area contributed by atoms with Gasteiger partial charge in [0.05, 0.1) is 7.11 Å². The second-order valence-corrected chi connectivity index (χ2v) is 5.55. The number of carbonyl (C=O) groups excluding carboxylic acids is 1. The number of hydrogen-bond donors (Lipinski definition) is 2. The minimum absolute atomic E-state index is 0. The largest absolute Gasteiger partial charge is 0.496 e. The lowest BCUT2D eigenvalue weighted by Crippen LogP contribution is -2.49. The molecule has 21 heavy (non-hydrogen) atoms. The molecule has 1 atom stereocenters. The summed E-state index contributed by atoms with van der Waals surface area (Å²) in [7, 11) is 1.68. The Hall–Kier alpha value is -1.26. The van der Waals surface area contributed by atoms with E-state index < -0.39 is 0 Å². The number of methoxy groups -OCH3 is 1. The van der Waals surface area contributed by atoms with Crippen molar-refractivity contribution < 1.29 is 9.53 Å².